The Kier molecular flexibility index (Phi) is 7.41. The molecule has 68 valence electrons. The minimum Gasteiger partial charge on any atom is -0.382 e. The fourth-order valence-corrected chi connectivity index (χ4v) is 0.717. The van der Waals surface area contributed by atoms with Crippen molar-refractivity contribution in [2.75, 3.05) is 19.8 Å². The normalized spacial score (nSPS) is 9.00. The summed E-state index contributed by atoms with van der Waals surface area (Å²) in [6.45, 7) is 3.58. The molecule has 0 aliphatic heterocycles. The smallest absolute Gasteiger partial charge is 0.220 e. The number of terminal acetylenes is 1. The van der Waals surface area contributed by atoms with Crippen LogP contribution in [0, 0.1) is 12.3 Å². The van der Waals surface area contributed by atoms with Crippen molar-refractivity contribution in [2.45, 2.75) is 19.8 Å². The molecule has 1 N–H and O–H groups in total. The topological polar surface area (TPSA) is 38.3 Å². The minimum absolute atomic E-state index is 0.00680. The molecule has 0 aromatic rings. The predicted molar refractivity (Wildman–Crippen MR) is 47.6 cm³/mol. The van der Waals surface area contributed by atoms with E-state index in [9.17, 15) is 4.79 Å². The summed E-state index contributed by atoms with van der Waals surface area (Å²) < 4.78 is 5.07. The summed E-state index contributed by atoms with van der Waals surface area (Å²) in [4.78, 5) is 10.9. The molecule has 0 aliphatic rings. The molecule has 1 amide bonds. The van der Waals surface area contributed by atoms with Crippen LogP contribution in [0.1, 0.15) is 19.8 Å². The Bertz CT molecular complexity index is 160. The van der Waals surface area contributed by atoms with Crippen LogP contribution < -0.4 is 5.32 Å². The van der Waals surface area contributed by atoms with Crippen LogP contribution in [0.5, 0.6) is 0 Å². The second-order valence-corrected chi connectivity index (χ2v) is 2.28. The van der Waals surface area contributed by atoms with Gasteiger partial charge in [0.05, 0.1) is 6.54 Å². The maximum absolute atomic E-state index is 10.9. The molecule has 3 nitrogen and oxygen atoms in total. The Labute approximate surface area is 73.5 Å². The molecule has 0 spiro atoms. The molecule has 3 heteroatoms. The first-order valence-corrected chi connectivity index (χ1v) is 4.09. The van der Waals surface area contributed by atoms with Crippen LogP contribution in [0.2, 0.25) is 0 Å². The van der Waals surface area contributed by atoms with Crippen LogP contribution in [0.25, 0.3) is 0 Å². The third kappa shape index (κ3) is 7.10. The molecule has 0 saturated carbocycles. The first-order chi connectivity index (χ1) is 5.81. The van der Waals surface area contributed by atoms with Crippen LogP contribution in [0.3, 0.4) is 0 Å². The Morgan fingerprint density at radius 2 is 2.42 bits per heavy atom. The van der Waals surface area contributed by atoms with Crippen molar-refractivity contribution in [3.63, 3.8) is 0 Å². The number of hydrogen-bond acceptors (Lipinski definition) is 2. The number of amides is 1. The second kappa shape index (κ2) is 8.09. The fourth-order valence-electron chi connectivity index (χ4n) is 0.717. The lowest BCUT2D eigenvalue weighted by Crippen LogP contribution is -2.23. The summed E-state index contributed by atoms with van der Waals surface area (Å²) >= 11 is 0. The molecule has 0 bridgehead atoms. The third-order valence-corrected chi connectivity index (χ3v) is 1.28. The van der Waals surface area contributed by atoms with Crippen LogP contribution in [0.15, 0.2) is 0 Å². The Morgan fingerprint density at radius 3 is 3.00 bits per heavy atom. The minimum atomic E-state index is -0.00680. The van der Waals surface area contributed by atoms with E-state index in [4.69, 9.17) is 11.2 Å². The van der Waals surface area contributed by atoms with Gasteiger partial charge in [0.25, 0.3) is 0 Å². The summed E-state index contributed by atoms with van der Waals surface area (Å²) in [7, 11) is 0. The van der Waals surface area contributed by atoms with Crippen LogP contribution in [-0.2, 0) is 9.53 Å². The number of carbonyl (C=O) groups excluding carboxylic acids is 1. The lowest BCUT2D eigenvalue weighted by molar-refractivity contribution is -0.121. The molecule has 0 unspecified atom stereocenters. The third-order valence-electron chi connectivity index (χ3n) is 1.28. The molecule has 0 aromatic heterocycles. The molecule has 12 heavy (non-hydrogen) atoms. The van der Waals surface area contributed by atoms with Crippen LogP contribution in [-0.4, -0.2) is 25.7 Å². The Balaban J connectivity index is 3.15. The number of nitrogens with one attached hydrogen (secondary N) is 1. The highest BCUT2D eigenvalue weighted by Gasteiger charge is 1.97. The predicted octanol–water partition coefficient (Wildman–Crippen LogP) is 0.552. The molecule has 0 atom stereocenters. The average molecular weight is 169 g/mol. The van der Waals surface area contributed by atoms with Gasteiger partial charge in [-0.25, -0.2) is 0 Å². The van der Waals surface area contributed by atoms with Gasteiger partial charge in [-0.15, -0.1) is 6.42 Å². The zero-order valence-electron chi connectivity index (χ0n) is 7.43. The summed E-state index contributed by atoms with van der Waals surface area (Å²) in [6, 6.07) is 0. The molecule has 0 heterocycles. The van der Waals surface area contributed by atoms with Gasteiger partial charge in [-0.3, -0.25) is 4.79 Å². The number of ether oxygens (including phenoxy) is 1. The van der Waals surface area contributed by atoms with E-state index in [1.165, 1.54) is 0 Å². The van der Waals surface area contributed by atoms with Gasteiger partial charge < -0.3 is 10.1 Å². The van der Waals surface area contributed by atoms with Gasteiger partial charge in [0, 0.05) is 19.6 Å². The summed E-state index contributed by atoms with van der Waals surface area (Å²) in [5.41, 5.74) is 0. The van der Waals surface area contributed by atoms with Crippen LogP contribution >= 0.6 is 0 Å². The van der Waals surface area contributed by atoms with Gasteiger partial charge in [0.15, 0.2) is 0 Å². The van der Waals surface area contributed by atoms with Gasteiger partial charge in [-0.2, -0.15) is 0 Å². The highest BCUT2D eigenvalue weighted by Crippen LogP contribution is 1.89. The van der Waals surface area contributed by atoms with Gasteiger partial charge in [0.2, 0.25) is 5.91 Å². The SMILES string of the molecule is C#CCNC(=O)CCCOCC. The van der Waals surface area contributed by atoms with E-state index in [1.54, 1.807) is 0 Å². The second-order valence-electron chi connectivity index (χ2n) is 2.28. The lowest BCUT2D eigenvalue weighted by Gasteiger charge is -2.01. The number of rotatable bonds is 6. The molecule has 0 aromatic carbocycles. The summed E-state index contributed by atoms with van der Waals surface area (Å²) in [5, 5.41) is 2.58. The molecule has 0 radical (unpaired) electrons. The van der Waals surface area contributed by atoms with Crippen molar-refractivity contribution in [3.8, 4) is 12.3 Å². The van der Waals surface area contributed by atoms with Gasteiger partial charge in [-0.05, 0) is 13.3 Å². The lowest BCUT2D eigenvalue weighted by atomic mass is 10.3. The highest BCUT2D eigenvalue weighted by molar-refractivity contribution is 5.76. The van der Waals surface area contributed by atoms with Crippen molar-refractivity contribution in [1.82, 2.24) is 5.32 Å². The molecular weight excluding hydrogens is 154 g/mol. The van der Waals surface area contributed by atoms with Crippen molar-refractivity contribution < 1.29 is 9.53 Å². The van der Waals surface area contributed by atoms with Crippen molar-refractivity contribution in [3.05, 3.63) is 0 Å². The van der Waals surface area contributed by atoms with Gasteiger partial charge >= 0.3 is 0 Å². The molecule has 0 rings (SSSR count). The van der Waals surface area contributed by atoms with E-state index in [0.29, 0.717) is 26.2 Å². The van der Waals surface area contributed by atoms with Gasteiger partial charge in [-0.1, -0.05) is 5.92 Å². The number of carbonyl (C=O) groups is 1. The monoisotopic (exact) mass is 169 g/mol. The Morgan fingerprint density at radius 1 is 1.67 bits per heavy atom. The molecule has 0 aliphatic carbocycles. The van der Waals surface area contributed by atoms with E-state index in [2.05, 4.69) is 11.2 Å². The molecular formula is C9H15NO2. The largest absolute Gasteiger partial charge is 0.382 e. The maximum atomic E-state index is 10.9. The van der Waals surface area contributed by atoms with E-state index in [1.807, 2.05) is 6.92 Å². The quantitative estimate of drug-likeness (QED) is 0.466. The van der Waals surface area contributed by atoms with E-state index >= 15 is 0 Å². The zero-order chi connectivity index (χ0) is 9.23. The van der Waals surface area contributed by atoms with Crippen molar-refractivity contribution in [1.29, 1.82) is 0 Å². The summed E-state index contributed by atoms with van der Waals surface area (Å²) in [5.74, 6) is 2.33. The standard InChI is InChI=1S/C9H15NO2/c1-3-7-10-9(11)6-5-8-12-4-2/h1H,4-8H2,2H3,(H,10,11). The molecule has 0 saturated heterocycles. The number of hydrogen-bond donors (Lipinski definition) is 1. The Hall–Kier alpha value is -1.01. The summed E-state index contributed by atoms with van der Waals surface area (Å²) in [6.07, 6.45) is 6.21. The first kappa shape index (κ1) is 11.0. The average Bonchev–Trinajstić information content (AvgIpc) is 2.09. The zero-order valence-corrected chi connectivity index (χ0v) is 7.43. The van der Waals surface area contributed by atoms with Crippen molar-refractivity contribution >= 4 is 5.91 Å². The highest BCUT2D eigenvalue weighted by atomic mass is 16.5. The van der Waals surface area contributed by atoms with E-state index in [0.717, 1.165) is 6.42 Å². The molecule has 0 fully saturated rings. The maximum Gasteiger partial charge on any atom is 0.220 e. The fraction of sp³-hybridized carbons (Fsp3) is 0.667. The van der Waals surface area contributed by atoms with E-state index < -0.39 is 0 Å². The first-order valence-electron chi connectivity index (χ1n) is 4.09. The van der Waals surface area contributed by atoms with Gasteiger partial charge in [0.1, 0.15) is 0 Å². The van der Waals surface area contributed by atoms with E-state index in [-0.39, 0.29) is 5.91 Å². The van der Waals surface area contributed by atoms with Crippen molar-refractivity contribution in [2.24, 2.45) is 0 Å². The van der Waals surface area contributed by atoms with Crippen LogP contribution in [0.4, 0.5) is 0 Å².